The van der Waals surface area contributed by atoms with E-state index in [-0.39, 0.29) is 23.3 Å². The second-order valence-electron chi connectivity index (χ2n) is 6.98. The zero-order valence-electron chi connectivity index (χ0n) is 14.9. The summed E-state index contributed by atoms with van der Waals surface area (Å²) < 4.78 is 18.6. The van der Waals surface area contributed by atoms with Crippen molar-refractivity contribution in [2.24, 2.45) is 0 Å². The highest BCUT2D eigenvalue weighted by atomic mass is 19.1. The molecule has 4 rings (SSSR count). The zero-order valence-corrected chi connectivity index (χ0v) is 14.9. The second kappa shape index (κ2) is 7.35. The molecule has 1 amide bonds. The number of carbonyl (C=O) groups is 1. The van der Waals surface area contributed by atoms with Gasteiger partial charge in [0.15, 0.2) is 0 Å². The highest BCUT2D eigenvalue weighted by Gasteiger charge is 2.29. The van der Waals surface area contributed by atoms with Crippen LogP contribution in [0.15, 0.2) is 63.8 Å². The first kappa shape index (κ1) is 17.5. The molecule has 1 aliphatic rings. The smallest absolute Gasteiger partial charge is 0.349 e. The van der Waals surface area contributed by atoms with Gasteiger partial charge in [0.2, 0.25) is 0 Å². The molecule has 0 saturated heterocycles. The Morgan fingerprint density at radius 2 is 1.78 bits per heavy atom. The van der Waals surface area contributed by atoms with Gasteiger partial charge in [-0.3, -0.25) is 4.79 Å². The lowest BCUT2D eigenvalue weighted by molar-refractivity contribution is 0.0660. The van der Waals surface area contributed by atoms with Crippen LogP contribution >= 0.6 is 0 Å². The van der Waals surface area contributed by atoms with Crippen LogP contribution in [0.5, 0.6) is 0 Å². The minimum absolute atomic E-state index is 0.0442. The van der Waals surface area contributed by atoms with Gasteiger partial charge in [0, 0.05) is 18.0 Å². The first-order chi connectivity index (χ1) is 13.1. The van der Waals surface area contributed by atoms with Crippen LogP contribution in [0.1, 0.15) is 41.6 Å². The number of benzene rings is 2. The normalized spacial score (nSPS) is 14.6. The number of amides is 1. The Morgan fingerprint density at radius 3 is 2.52 bits per heavy atom. The molecular formula is C22H20FNO3. The van der Waals surface area contributed by atoms with E-state index in [4.69, 9.17) is 4.42 Å². The number of nitrogens with zero attached hydrogens (tertiary/aromatic N) is 1. The van der Waals surface area contributed by atoms with E-state index in [0.717, 1.165) is 31.2 Å². The summed E-state index contributed by atoms with van der Waals surface area (Å²) in [4.78, 5) is 27.4. The maximum absolute atomic E-state index is 13.3. The van der Waals surface area contributed by atoms with Crippen molar-refractivity contribution < 1.29 is 13.6 Å². The van der Waals surface area contributed by atoms with E-state index in [1.54, 1.807) is 35.2 Å². The van der Waals surface area contributed by atoms with Crippen LogP contribution in [0, 0.1) is 5.82 Å². The molecule has 0 bridgehead atoms. The van der Waals surface area contributed by atoms with E-state index < -0.39 is 5.63 Å². The van der Waals surface area contributed by atoms with Crippen LogP contribution in [-0.4, -0.2) is 16.8 Å². The summed E-state index contributed by atoms with van der Waals surface area (Å²) in [5.41, 5.74) is 0.718. The van der Waals surface area contributed by atoms with E-state index in [1.165, 1.54) is 12.1 Å². The molecule has 27 heavy (non-hydrogen) atoms. The molecule has 0 unspecified atom stereocenters. The third-order valence-electron chi connectivity index (χ3n) is 5.16. The average Bonchev–Trinajstić information content (AvgIpc) is 3.21. The number of fused-ring (bicyclic) bond motifs is 1. The van der Waals surface area contributed by atoms with Crippen LogP contribution in [0.4, 0.5) is 4.39 Å². The topological polar surface area (TPSA) is 50.5 Å². The number of hydrogen-bond acceptors (Lipinski definition) is 3. The van der Waals surface area contributed by atoms with Crippen molar-refractivity contribution in [1.82, 2.24) is 4.90 Å². The molecule has 0 radical (unpaired) electrons. The Morgan fingerprint density at radius 1 is 1.07 bits per heavy atom. The highest BCUT2D eigenvalue weighted by Crippen LogP contribution is 2.27. The Balaban J connectivity index is 1.70. The van der Waals surface area contributed by atoms with Gasteiger partial charge < -0.3 is 9.32 Å². The van der Waals surface area contributed by atoms with E-state index in [0.29, 0.717) is 17.5 Å². The van der Waals surface area contributed by atoms with Crippen molar-refractivity contribution in [2.45, 2.75) is 38.3 Å². The SMILES string of the molecule is O=C(c1cc2ccccc2oc1=O)N(Cc1ccc(F)cc1)C1CCCC1. The van der Waals surface area contributed by atoms with Crippen molar-refractivity contribution in [3.63, 3.8) is 0 Å². The van der Waals surface area contributed by atoms with Gasteiger partial charge in [0.25, 0.3) is 5.91 Å². The zero-order chi connectivity index (χ0) is 18.8. The summed E-state index contributed by atoms with van der Waals surface area (Å²) in [6, 6.07) is 14.9. The largest absolute Gasteiger partial charge is 0.422 e. The molecule has 5 heteroatoms. The van der Waals surface area contributed by atoms with Crippen molar-refractivity contribution in [2.75, 3.05) is 0 Å². The molecule has 1 saturated carbocycles. The highest BCUT2D eigenvalue weighted by molar-refractivity contribution is 5.96. The molecule has 3 aromatic rings. The number of halogens is 1. The lowest BCUT2D eigenvalue weighted by Gasteiger charge is -2.29. The van der Waals surface area contributed by atoms with Crippen molar-refractivity contribution in [3.05, 3.63) is 82.0 Å². The Kier molecular flexibility index (Phi) is 4.75. The minimum atomic E-state index is -0.624. The van der Waals surface area contributed by atoms with E-state index in [2.05, 4.69) is 0 Å². The van der Waals surface area contributed by atoms with Gasteiger partial charge in [0.1, 0.15) is 17.0 Å². The Labute approximate surface area is 156 Å². The van der Waals surface area contributed by atoms with Gasteiger partial charge in [-0.05, 0) is 42.7 Å². The fourth-order valence-corrected chi connectivity index (χ4v) is 3.73. The quantitative estimate of drug-likeness (QED) is 0.639. The lowest BCUT2D eigenvalue weighted by Crippen LogP contribution is -2.40. The standard InChI is InChI=1S/C22H20FNO3/c23-17-11-9-15(10-12-17)14-24(18-6-2-3-7-18)21(25)19-13-16-5-1-4-8-20(16)27-22(19)26/h1,4-5,8-13,18H,2-3,6-7,14H2. The van der Waals surface area contributed by atoms with Gasteiger partial charge in [-0.25, -0.2) is 9.18 Å². The molecule has 0 atom stereocenters. The molecule has 0 aliphatic heterocycles. The monoisotopic (exact) mass is 365 g/mol. The number of para-hydroxylation sites is 1. The van der Waals surface area contributed by atoms with Crippen LogP contribution in [-0.2, 0) is 6.54 Å². The molecule has 1 aliphatic carbocycles. The van der Waals surface area contributed by atoms with E-state index in [1.807, 2.05) is 12.1 Å². The summed E-state index contributed by atoms with van der Waals surface area (Å²) in [6.45, 7) is 0.343. The predicted molar refractivity (Wildman–Crippen MR) is 101 cm³/mol. The number of hydrogen-bond donors (Lipinski definition) is 0. The molecule has 0 spiro atoms. The third-order valence-corrected chi connectivity index (χ3v) is 5.16. The second-order valence-corrected chi connectivity index (χ2v) is 6.98. The Hall–Kier alpha value is -2.95. The molecule has 1 aromatic heterocycles. The van der Waals surface area contributed by atoms with Crippen molar-refractivity contribution in [1.29, 1.82) is 0 Å². The summed E-state index contributed by atoms with van der Waals surface area (Å²) >= 11 is 0. The molecule has 138 valence electrons. The van der Waals surface area contributed by atoms with Crippen molar-refractivity contribution >= 4 is 16.9 Å². The summed E-state index contributed by atoms with van der Waals surface area (Å²) in [7, 11) is 0. The van der Waals surface area contributed by atoms with Crippen LogP contribution in [0.2, 0.25) is 0 Å². The molecule has 0 N–H and O–H groups in total. The van der Waals surface area contributed by atoms with Gasteiger partial charge in [-0.1, -0.05) is 43.2 Å². The summed E-state index contributed by atoms with van der Waals surface area (Å²) in [6.07, 6.45) is 3.94. The van der Waals surface area contributed by atoms with Crippen LogP contribution < -0.4 is 5.63 Å². The molecular weight excluding hydrogens is 345 g/mol. The maximum Gasteiger partial charge on any atom is 0.349 e. The minimum Gasteiger partial charge on any atom is -0.422 e. The molecule has 1 fully saturated rings. The van der Waals surface area contributed by atoms with Crippen molar-refractivity contribution in [3.8, 4) is 0 Å². The van der Waals surface area contributed by atoms with E-state index >= 15 is 0 Å². The molecule has 2 aromatic carbocycles. The lowest BCUT2D eigenvalue weighted by atomic mass is 10.1. The molecule has 1 heterocycles. The fourth-order valence-electron chi connectivity index (χ4n) is 3.73. The first-order valence-corrected chi connectivity index (χ1v) is 9.20. The van der Waals surface area contributed by atoms with Gasteiger partial charge in [-0.15, -0.1) is 0 Å². The predicted octanol–water partition coefficient (Wildman–Crippen LogP) is 4.52. The Bertz CT molecular complexity index is 1020. The average molecular weight is 365 g/mol. The molecule has 4 nitrogen and oxygen atoms in total. The van der Waals surface area contributed by atoms with E-state index in [9.17, 15) is 14.0 Å². The van der Waals surface area contributed by atoms with Crippen LogP contribution in [0.25, 0.3) is 11.0 Å². The summed E-state index contributed by atoms with van der Waals surface area (Å²) in [5.74, 6) is -0.640. The summed E-state index contributed by atoms with van der Waals surface area (Å²) in [5, 5.41) is 0.716. The van der Waals surface area contributed by atoms with Gasteiger partial charge in [0.05, 0.1) is 0 Å². The number of carbonyl (C=O) groups excluding carboxylic acids is 1. The number of rotatable bonds is 4. The third kappa shape index (κ3) is 3.63. The maximum atomic E-state index is 13.3. The van der Waals surface area contributed by atoms with Gasteiger partial charge >= 0.3 is 5.63 Å². The van der Waals surface area contributed by atoms with Crippen LogP contribution in [0.3, 0.4) is 0 Å². The fraction of sp³-hybridized carbons (Fsp3) is 0.273. The first-order valence-electron chi connectivity index (χ1n) is 9.20. The van der Waals surface area contributed by atoms with Gasteiger partial charge in [-0.2, -0.15) is 0 Å².